The number of hydrogen-bond donors (Lipinski definition) is 2. The summed E-state index contributed by atoms with van der Waals surface area (Å²) in [4.78, 5) is 10.8. The van der Waals surface area contributed by atoms with Crippen LogP contribution in [0.15, 0.2) is 18.2 Å². The van der Waals surface area contributed by atoms with E-state index in [9.17, 15) is 4.79 Å². The molecule has 12 heavy (non-hydrogen) atoms. The van der Waals surface area contributed by atoms with E-state index in [0.29, 0.717) is 17.1 Å². The molecule has 1 heterocycles. The van der Waals surface area contributed by atoms with Crippen LogP contribution in [0.5, 0.6) is 5.75 Å². The van der Waals surface area contributed by atoms with Gasteiger partial charge in [0.15, 0.2) is 5.75 Å². The molecule has 0 amide bonds. The number of nitrogens with two attached hydrogens (primary N) is 1. The number of benzene rings is 1. The molecule has 0 fully saturated rings. The van der Waals surface area contributed by atoms with Crippen LogP contribution >= 0.6 is 0 Å². The fraction of sp³-hybridized carbons (Fsp3) is 0.125. The number of esters is 1. The van der Waals surface area contributed by atoms with Crippen LogP contribution in [0.25, 0.3) is 0 Å². The number of carbonyl (C=O) groups is 1. The van der Waals surface area contributed by atoms with Crippen molar-refractivity contribution in [1.29, 1.82) is 0 Å². The van der Waals surface area contributed by atoms with Crippen LogP contribution < -0.4 is 15.8 Å². The highest BCUT2D eigenvalue weighted by atomic mass is 16.5. The number of nitrogens with one attached hydrogen (secondary N) is 1. The molecule has 1 aliphatic heterocycles. The maximum Gasteiger partial charge on any atom is 0.330 e. The molecule has 0 aliphatic carbocycles. The lowest BCUT2D eigenvalue weighted by Crippen LogP contribution is -2.25. The Morgan fingerprint density at radius 3 is 3.17 bits per heavy atom. The Balaban J connectivity index is 2.48. The first-order valence-electron chi connectivity index (χ1n) is 3.60. The van der Waals surface area contributed by atoms with Crippen molar-refractivity contribution in [2.45, 2.75) is 0 Å². The Morgan fingerprint density at radius 2 is 2.33 bits per heavy atom. The summed E-state index contributed by atoms with van der Waals surface area (Å²) in [5.41, 5.74) is 6.94. The number of fused-ring (bicyclic) bond motifs is 1. The molecule has 0 atom stereocenters. The molecule has 1 aromatic carbocycles. The van der Waals surface area contributed by atoms with Crippen LogP contribution in [0.3, 0.4) is 0 Å². The molecule has 0 saturated heterocycles. The first-order chi connectivity index (χ1) is 5.77. The van der Waals surface area contributed by atoms with E-state index in [4.69, 9.17) is 10.5 Å². The SMILES string of the molecule is Nc1cccc2c1NCC(=O)O2. The molecule has 0 saturated carbocycles. The van der Waals surface area contributed by atoms with Gasteiger partial charge in [0.1, 0.15) is 12.2 Å². The molecule has 0 radical (unpaired) electrons. The Hall–Kier alpha value is -1.71. The summed E-state index contributed by atoms with van der Waals surface area (Å²) in [5, 5.41) is 2.88. The van der Waals surface area contributed by atoms with Gasteiger partial charge >= 0.3 is 5.97 Å². The first kappa shape index (κ1) is 6.97. The molecule has 0 bridgehead atoms. The summed E-state index contributed by atoms with van der Waals surface area (Å²) in [6, 6.07) is 5.20. The first-order valence-corrected chi connectivity index (χ1v) is 3.60. The highest BCUT2D eigenvalue weighted by molar-refractivity contribution is 5.87. The number of para-hydroxylation sites is 1. The van der Waals surface area contributed by atoms with Gasteiger partial charge in [-0.25, -0.2) is 4.79 Å². The average molecular weight is 164 g/mol. The van der Waals surface area contributed by atoms with Crippen LogP contribution in [0.4, 0.5) is 11.4 Å². The number of ether oxygens (including phenoxy) is 1. The van der Waals surface area contributed by atoms with Crippen molar-refractivity contribution in [3.63, 3.8) is 0 Å². The third kappa shape index (κ3) is 0.972. The molecule has 4 heteroatoms. The van der Waals surface area contributed by atoms with Crippen LogP contribution in [-0.4, -0.2) is 12.5 Å². The highest BCUT2D eigenvalue weighted by Gasteiger charge is 2.17. The molecule has 1 aliphatic rings. The van der Waals surface area contributed by atoms with Gasteiger partial charge in [0, 0.05) is 0 Å². The summed E-state index contributed by atoms with van der Waals surface area (Å²) in [6.45, 7) is 0.182. The van der Waals surface area contributed by atoms with E-state index < -0.39 is 0 Å². The van der Waals surface area contributed by atoms with E-state index in [0.717, 1.165) is 0 Å². The Labute approximate surface area is 69.3 Å². The number of rotatable bonds is 0. The Morgan fingerprint density at radius 1 is 1.50 bits per heavy atom. The van der Waals surface area contributed by atoms with Crippen LogP contribution in [0.2, 0.25) is 0 Å². The fourth-order valence-electron chi connectivity index (χ4n) is 1.14. The predicted molar refractivity (Wildman–Crippen MR) is 45.0 cm³/mol. The van der Waals surface area contributed by atoms with Gasteiger partial charge in [0.05, 0.1) is 5.69 Å². The number of hydrogen-bond acceptors (Lipinski definition) is 4. The van der Waals surface area contributed by atoms with Gasteiger partial charge in [-0.1, -0.05) is 6.07 Å². The van der Waals surface area contributed by atoms with Gasteiger partial charge in [-0.2, -0.15) is 0 Å². The van der Waals surface area contributed by atoms with E-state index in [1.54, 1.807) is 18.2 Å². The van der Waals surface area contributed by atoms with Crippen molar-refractivity contribution in [1.82, 2.24) is 0 Å². The zero-order valence-electron chi connectivity index (χ0n) is 6.33. The summed E-state index contributed by atoms with van der Waals surface area (Å²) in [7, 11) is 0. The average Bonchev–Trinajstić information content (AvgIpc) is 2.04. The molecule has 0 spiro atoms. The van der Waals surface area contributed by atoms with Crippen molar-refractivity contribution < 1.29 is 9.53 Å². The Bertz CT molecular complexity index is 336. The molecule has 4 nitrogen and oxygen atoms in total. The smallest absolute Gasteiger partial charge is 0.330 e. The standard InChI is InChI=1S/C8H8N2O2/c9-5-2-1-3-6-8(5)10-4-7(11)12-6/h1-3,10H,4,9H2. The van der Waals surface area contributed by atoms with Crippen LogP contribution in [-0.2, 0) is 4.79 Å². The molecule has 2 rings (SSSR count). The normalized spacial score (nSPS) is 14.5. The molecule has 62 valence electrons. The quantitative estimate of drug-likeness (QED) is 0.335. The van der Waals surface area contributed by atoms with Crippen molar-refractivity contribution >= 4 is 17.3 Å². The molecule has 1 aromatic rings. The second kappa shape index (κ2) is 2.41. The largest absolute Gasteiger partial charge is 0.423 e. The van der Waals surface area contributed by atoms with Gasteiger partial charge in [-0.05, 0) is 12.1 Å². The van der Waals surface area contributed by atoms with Gasteiger partial charge in [0.2, 0.25) is 0 Å². The Kier molecular flexibility index (Phi) is 1.40. The van der Waals surface area contributed by atoms with Crippen LogP contribution in [0.1, 0.15) is 0 Å². The van der Waals surface area contributed by atoms with Crippen molar-refractivity contribution in [2.75, 3.05) is 17.6 Å². The highest BCUT2D eigenvalue weighted by Crippen LogP contribution is 2.32. The van der Waals surface area contributed by atoms with E-state index in [1.807, 2.05) is 0 Å². The van der Waals surface area contributed by atoms with Crippen molar-refractivity contribution in [2.24, 2.45) is 0 Å². The zero-order chi connectivity index (χ0) is 8.55. The lowest BCUT2D eigenvalue weighted by Gasteiger charge is -2.18. The molecule has 3 N–H and O–H groups in total. The summed E-state index contributed by atoms with van der Waals surface area (Å²) < 4.78 is 4.93. The van der Waals surface area contributed by atoms with E-state index in [-0.39, 0.29) is 12.5 Å². The molecule has 0 aromatic heterocycles. The van der Waals surface area contributed by atoms with E-state index >= 15 is 0 Å². The lowest BCUT2D eigenvalue weighted by atomic mass is 10.2. The van der Waals surface area contributed by atoms with Gasteiger partial charge in [-0.15, -0.1) is 0 Å². The molecular formula is C8H8N2O2. The van der Waals surface area contributed by atoms with Gasteiger partial charge < -0.3 is 15.8 Å². The second-order valence-corrected chi connectivity index (χ2v) is 2.55. The third-order valence-corrected chi connectivity index (χ3v) is 1.69. The minimum Gasteiger partial charge on any atom is -0.423 e. The van der Waals surface area contributed by atoms with Gasteiger partial charge in [-0.3, -0.25) is 0 Å². The van der Waals surface area contributed by atoms with Gasteiger partial charge in [0.25, 0.3) is 0 Å². The maximum atomic E-state index is 10.8. The maximum absolute atomic E-state index is 10.8. The second-order valence-electron chi connectivity index (χ2n) is 2.55. The summed E-state index contributed by atoms with van der Waals surface area (Å²) >= 11 is 0. The zero-order valence-corrected chi connectivity index (χ0v) is 6.33. The topological polar surface area (TPSA) is 64.3 Å². The number of anilines is 2. The minimum absolute atomic E-state index is 0.182. The van der Waals surface area contributed by atoms with Crippen molar-refractivity contribution in [3.8, 4) is 5.75 Å². The number of carbonyl (C=O) groups excluding carboxylic acids is 1. The van der Waals surface area contributed by atoms with Crippen LogP contribution in [0, 0.1) is 0 Å². The minimum atomic E-state index is -0.284. The third-order valence-electron chi connectivity index (χ3n) is 1.69. The molecular weight excluding hydrogens is 156 g/mol. The van der Waals surface area contributed by atoms with Crippen molar-refractivity contribution in [3.05, 3.63) is 18.2 Å². The molecule has 0 unspecified atom stereocenters. The monoisotopic (exact) mass is 164 g/mol. The predicted octanol–water partition coefficient (Wildman–Crippen LogP) is 0.600. The number of nitrogen functional groups attached to an aromatic ring is 1. The summed E-state index contributed by atoms with van der Waals surface area (Å²) in [5.74, 6) is 0.222. The summed E-state index contributed by atoms with van der Waals surface area (Å²) in [6.07, 6.45) is 0. The van der Waals surface area contributed by atoms with E-state index in [2.05, 4.69) is 5.32 Å². The fourth-order valence-corrected chi connectivity index (χ4v) is 1.14. The lowest BCUT2D eigenvalue weighted by molar-refractivity contribution is -0.132. The van der Waals surface area contributed by atoms with E-state index in [1.165, 1.54) is 0 Å².